The molecule has 0 aromatic heterocycles. The fourth-order valence-electron chi connectivity index (χ4n) is 2.24. The van der Waals surface area contributed by atoms with Gasteiger partial charge in [-0.2, -0.15) is 26.3 Å². The van der Waals surface area contributed by atoms with E-state index in [0.29, 0.717) is 0 Å². The Morgan fingerprint density at radius 1 is 0.931 bits per heavy atom. The summed E-state index contributed by atoms with van der Waals surface area (Å²) in [7, 11) is -4.27. The van der Waals surface area contributed by atoms with Gasteiger partial charge in [-0.1, -0.05) is 11.6 Å². The molecule has 2 aromatic carbocycles. The van der Waals surface area contributed by atoms with E-state index in [1.165, 1.54) is 12.1 Å². The van der Waals surface area contributed by atoms with Crippen LogP contribution in [0, 0.1) is 0 Å². The number of amides is 1. The molecule has 1 N–H and O–H groups in total. The zero-order valence-electron chi connectivity index (χ0n) is 14.4. The number of halogens is 7. The molecule has 29 heavy (non-hydrogen) atoms. The maximum atomic E-state index is 12.9. The van der Waals surface area contributed by atoms with Crippen molar-refractivity contribution >= 4 is 33.0 Å². The highest BCUT2D eigenvalue weighted by atomic mass is 35.5. The predicted octanol–water partition coefficient (Wildman–Crippen LogP) is 5.18. The molecule has 0 radical (unpaired) electrons. The summed E-state index contributed by atoms with van der Waals surface area (Å²) in [4.78, 5) is 12.0. The minimum atomic E-state index is -5.11. The largest absolute Gasteiger partial charge is 0.416 e. The van der Waals surface area contributed by atoms with Gasteiger partial charge < -0.3 is 5.32 Å². The monoisotopic (exact) mass is 459 g/mol. The maximum absolute atomic E-state index is 12.9. The second-order valence-corrected chi connectivity index (χ2v) is 8.63. The smallest absolute Gasteiger partial charge is 0.325 e. The Labute approximate surface area is 166 Å². The van der Waals surface area contributed by atoms with Crippen LogP contribution in [0.3, 0.4) is 0 Å². The van der Waals surface area contributed by atoms with Gasteiger partial charge in [-0.3, -0.25) is 4.79 Å². The van der Waals surface area contributed by atoms with Gasteiger partial charge in [0.1, 0.15) is 5.25 Å². The molecule has 0 spiro atoms. The highest BCUT2D eigenvalue weighted by Gasteiger charge is 2.37. The Morgan fingerprint density at radius 3 is 1.79 bits per heavy atom. The SMILES string of the molecule is C[C@@H](C(=O)Nc1cc(C(F)(F)F)cc(C(F)(F)F)c1)S(=O)(=O)c1ccc(Cl)cc1. The molecular weight excluding hydrogens is 448 g/mol. The first kappa shape index (κ1) is 23.0. The number of nitrogens with one attached hydrogen (secondary N) is 1. The summed E-state index contributed by atoms with van der Waals surface area (Å²) in [5, 5.41) is 0.238. The summed E-state index contributed by atoms with van der Waals surface area (Å²) in [5.41, 5.74) is -4.12. The molecule has 0 aliphatic rings. The number of sulfone groups is 1. The van der Waals surface area contributed by atoms with Crippen LogP contribution in [-0.4, -0.2) is 19.6 Å². The number of carbonyl (C=O) groups excluding carboxylic acids is 1. The summed E-state index contributed by atoms with van der Waals surface area (Å²) in [5.74, 6) is -1.30. The van der Waals surface area contributed by atoms with Crippen LogP contribution in [0.5, 0.6) is 0 Å². The van der Waals surface area contributed by atoms with Crippen molar-refractivity contribution in [2.24, 2.45) is 0 Å². The predicted molar refractivity (Wildman–Crippen MR) is 93.2 cm³/mol. The zero-order valence-corrected chi connectivity index (χ0v) is 16.0. The van der Waals surface area contributed by atoms with E-state index in [1.54, 1.807) is 0 Å². The van der Waals surface area contributed by atoms with Crippen LogP contribution in [-0.2, 0) is 27.0 Å². The minimum absolute atomic E-state index is 0.108. The average molecular weight is 460 g/mol. The molecule has 0 heterocycles. The van der Waals surface area contributed by atoms with E-state index < -0.39 is 50.2 Å². The zero-order chi connectivity index (χ0) is 22.2. The average Bonchev–Trinajstić information content (AvgIpc) is 2.59. The Bertz CT molecular complexity index is 985. The molecule has 0 unspecified atom stereocenters. The van der Waals surface area contributed by atoms with E-state index >= 15 is 0 Å². The van der Waals surface area contributed by atoms with Crippen LogP contribution < -0.4 is 5.32 Å². The lowest BCUT2D eigenvalue weighted by Crippen LogP contribution is -2.32. The number of anilines is 1. The number of alkyl halides is 6. The topological polar surface area (TPSA) is 63.2 Å². The fourth-order valence-corrected chi connectivity index (χ4v) is 3.63. The molecule has 0 aliphatic heterocycles. The van der Waals surface area contributed by atoms with E-state index in [-0.39, 0.29) is 28.1 Å². The Balaban J connectivity index is 2.37. The molecule has 1 atom stereocenters. The van der Waals surface area contributed by atoms with Gasteiger partial charge in [-0.25, -0.2) is 8.42 Å². The van der Waals surface area contributed by atoms with Gasteiger partial charge >= 0.3 is 12.4 Å². The van der Waals surface area contributed by atoms with Crippen LogP contribution in [0.25, 0.3) is 0 Å². The number of benzene rings is 2. The highest BCUT2D eigenvalue weighted by Crippen LogP contribution is 2.37. The first-order chi connectivity index (χ1) is 13.1. The Morgan fingerprint density at radius 2 is 1.38 bits per heavy atom. The first-order valence-corrected chi connectivity index (χ1v) is 9.64. The molecular formula is C17H12ClF6NO3S. The van der Waals surface area contributed by atoms with E-state index in [4.69, 9.17) is 11.6 Å². The fraction of sp³-hybridized carbons (Fsp3) is 0.235. The molecule has 0 bridgehead atoms. The van der Waals surface area contributed by atoms with Gasteiger partial charge in [0.05, 0.1) is 16.0 Å². The standard InChI is InChI=1S/C17H12ClF6NO3S/c1-9(29(27,28)14-4-2-12(18)3-5-14)15(26)25-13-7-10(16(19,20)21)6-11(8-13)17(22,23)24/h2-9H,1H3,(H,25,26)/t9-/m0/s1. The van der Waals surface area contributed by atoms with E-state index in [0.717, 1.165) is 19.1 Å². The Kier molecular flexibility index (Phi) is 6.24. The summed E-state index contributed by atoms with van der Waals surface area (Å²) in [6.45, 7) is 0.956. The van der Waals surface area contributed by atoms with Crippen molar-refractivity contribution in [3.63, 3.8) is 0 Å². The van der Waals surface area contributed by atoms with Gasteiger partial charge in [-0.05, 0) is 49.4 Å². The summed E-state index contributed by atoms with van der Waals surface area (Å²) in [6.07, 6.45) is -10.2. The number of hydrogen-bond donors (Lipinski definition) is 1. The summed E-state index contributed by atoms with van der Waals surface area (Å²) in [6, 6.07) is 5.21. The van der Waals surface area contributed by atoms with Crippen LogP contribution >= 0.6 is 11.6 Å². The van der Waals surface area contributed by atoms with Gasteiger partial charge in [0.25, 0.3) is 0 Å². The van der Waals surface area contributed by atoms with Gasteiger partial charge in [0.15, 0.2) is 9.84 Å². The Hall–Kier alpha value is -2.27. The lowest BCUT2D eigenvalue weighted by atomic mass is 10.1. The highest BCUT2D eigenvalue weighted by molar-refractivity contribution is 7.92. The summed E-state index contributed by atoms with van der Waals surface area (Å²) >= 11 is 5.66. The lowest BCUT2D eigenvalue weighted by molar-refractivity contribution is -0.143. The van der Waals surface area contributed by atoms with Crippen LogP contribution in [0.15, 0.2) is 47.4 Å². The van der Waals surface area contributed by atoms with Crippen molar-refractivity contribution in [3.8, 4) is 0 Å². The third-order valence-electron chi connectivity index (χ3n) is 3.83. The molecule has 0 saturated heterocycles. The first-order valence-electron chi connectivity index (χ1n) is 7.72. The van der Waals surface area contributed by atoms with Crippen LogP contribution in [0.4, 0.5) is 32.0 Å². The van der Waals surface area contributed by atoms with Crippen molar-refractivity contribution in [1.29, 1.82) is 0 Å². The third-order valence-corrected chi connectivity index (χ3v) is 6.16. The molecule has 4 nitrogen and oxygen atoms in total. The van der Waals surface area contributed by atoms with Crippen LogP contribution in [0.1, 0.15) is 18.1 Å². The lowest BCUT2D eigenvalue weighted by Gasteiger charge is -2.17. The van der Waals surface area contributed by atoms with E-state index in [9.17, 15) is 39.6 Å². The number of hydrogen-bond acceptors (Lipinski definition) is 3. The van der Waals surface area contributed by atoms with Crippen molar-refractivity contribution in [1.82, 2.24) is 0 Å². The second kappa shape index (κ2) is 7.86. The van der Waals surface area contributed by atoms with E-state index in [1.807, 2.05) is 5.32 Å². The second-order valence-electron chi connectivity index (χ2n) is 5.92. The molecule has 0 fully saturated rings. The molecule has 12 heteroatoms. The quantitative estimate of drug-likeness (QED) is 0.641. The van der Waals surface area contributed by atoms with Gasteiger partial charge in [0, 0.05) is 10.7 Å². The molecule has 0 aliphatic carbocycles. The molecule has 2 aromatic rings. The number of carbonyl (C=O) groups is 1. The number of rotatable bonds is 4. The maximum Gasteiger partial charge on any atom is 0.416 e. The van der Waals surface area contributed by atoms with Gasteiger partial charge in [0.2, 0.25) is 5.91 Å². The van der Waals surface area contributed by atoms with Gasteiger partial charge in [-0.15, -0.1) is 0 Å². The van der Waals surface area contributed by atoms with Crippen molar-refractivity contribution in [2.75, 3.05) is 5.32 Å². The van der Waals surface area contributed by atoms with Crippen LogP contribution in [0.2, 0.25) is 5.02 Å². The normalized spacial score (nSPS) is 13.8. The third kappa shape index (κ3) is 5.41. The van der Waals surface area contributed by atoms with Crippen molar-refractivity contribution in [2.45, 2.75) is 29.4 Å². The molecule has 2 rings (SSSR count). The molecule has 1 amide bonds. The van der Waals surface area contributed by atoms with Crippen molar-refractivity contribution in [3.05, 3.63) is 58.6 Å². The molecule has 0 saturated carbocycles. The minimum Gasteiger partial charge on any atom is -0.325 e. The van der Waals surface area contributed by atoms with E-state index in [2.05, 4.69) is 0 Å². The van der Waals surface area contributed by atoms with Crippen molar-refractivity contribution < 1.29 is 39.6 Å². The summed E-state index contributed by atoms with van der Waals surface area (Å²) < 4.78 is 102. The molecule has 158 valence electrons.